The zero-order valence-corrected chi connectivity index (χ0v) is 18.6. The Bertz CT molecular complexity index is 1230. The Balaban J connectivity index is 1.45. The van der Waals surface area contributed by atoms with Gasteiger partial charge in [-0.05, 0) is 24.1 Å². The zero-order valence-electron chi connectivity index (χ0n) is 17.8. The fraction of sp³-hybridized carbons (Fsp3) is 0.217. The molecule has 3 aromatic heterocycles. The Morgan fingerprint density at radius 1 is 1.16 bits per heavy atom. The van der Waals surface area contributed by atoms with E-state index in [9.17, 15) is 9.59 Å². The number of nitrogens with zero attached hydrogens (tertiary/aromatic N) is 3. The van der Waals surface area contributed by atoms with E-state index in [1.165, 1.54) is 18.3 Å². The number of rotatable bonds is 8. The molecule has 0 aliphatic carbocycles. The molecule has 8 nitrogen and oxygen atoms in total. The summed E-state index contributed by atoms with van der Waals surface area (Å²) in [6, 6.07) is 13.6. The lowest BCUT2D eigenvalue weighted by Crippen LogP contribution is -2.18. The molecule has 0 bridgehead atoms. The molecule has 0 radical (unpaired) electrons. The van der Waals surface area contributed by atoms with Crippen molar-refractivity contribution >= 4 is 28.3 Å². The Morgan fingerprint density at radius 2 is 1.97 bits per heavy atom. The summed E-state index contributed by atoms with van der Waals surface area (Å²) in [4.78, 5) is 28.4. The molecule has 1 aromatic carbocycles. The van der Waals surface area contributed by atoms with Gasteiger partial charge in [-0.3, -0.25) is 19.6 Å². The molecular weight excluding hydrogens is 426 g/mol. The van der Waals surface area contributed by atoms with Crippen LogP contribution in [0.5, 0.6) is 0 Å². The number of amides is 2. The topological polar surface area (TPSA) is 102 Å². The summed E-state index contributed by atoms with van der Waals surface area (Å²) in [5, 5.41) is 12.3. The minimum Gasteiger partial charge on any atom is -0.458 e. The molecule has 32 heavy (non-hydrogen) atoms. The van der Waals surface area contributed by atoms with Gasteiger partial charge in [0.1, 0.15) is 11.5 Å². The molecule has 0 saturated carbocycles. The van der Waals surface area contributed by atoms with E-state index in [1.54, 1.807) is 18.3 Å². The van der Waals surface area contributed by atoms with Crippen molar-refractivity contribution in [3.63, 3.8) is 0 Å². The van der Waals surface area contributed by atoms with E-state index in [1.807, 2.05) is 47.3 Å². The minimum absolute atomic E-state index is 0.125. The Morgan fingerprint density at radius 3 is 2.72 bits per heavy atom. The highest BCUT2D eigenvalue weighted by Crippen LogP contribution is 2.27. The predicted molar refractivity (Wildman–Crippen MR) is 122 cm³/mol. The number of furan rings is 1. The third-order valence-electron chi connectivity index (χ3n) is 4.85. The molecule has 2 N–H and O–H groups in total. The second-order valence-electron chi connectivity index (χ2n) is 7.17. The summed E-state index contributed by atoms with van der Waals surface area (Å²) in [7, 11) is 0. The number of carbonyl (C=O) groups is 2. The molecule has 4 rings (SSSR count). The van der Waals surface area contributed by atoms with E-state index in [2.05, 4.69) is 20.7 Å². The highest BCUT2D eigenvalue weighted by atomic mass is 32.1. The number of carbonyl (C=O) groups excluding carboxylic acids is 2. The number of aromatic nitrogens is 3. The lowest BCUT2D eigenvalue weighted by molar-refractivity contribution is -0.119. The molecule has 0 atom stereocenters. The maximum Gasteiger partial charge on any atom is 0.260 e. The first-order valence-corrected chi connectivity index (χ1v) is 11.1. The van der Waals surface area contributed by atoms with E-state index < -0.39 is 0 Å². The van der Waals surface area contributed by atoms with Crippen LogP contribution in [0.3, 0.4) is 0 Å². The fourth-order valence-electron chi connectivity index (χ4n) is 3.30. The van der Waals surface area contributed by atoms with Gasteiger partial charge < -0.3 is 9.73 Å². The highest BCUT2D eigenvalue weighted by molar-refractivity contribution is 7.14. The molecular formula is C23H23N5O3S. The normalized spacial score (nSPS) is 10.8. The van der Waals surface area contributed by atoms with Crippen molar-refractivity contribution in [2.75, 3.05) is 5.32 Å². The maximum absolute atomic E-state index is 12.9. The summed E-state index contributed by atoms with van der Waals surface area (Å²) in [5.74, 6) is 0.840. The van der Waals surface area contributed by atoms with Crippen LogP contribution in [0.1, 0.15) is 41.2 Å². The molecule has 0 saturated heterocycles. The smallest absolute Gasteiger partial charge is 0.260 e. The lowest BCUT2D eigenvalue weighted by Gasteiger charge is -2.08. The predicted octanol–water partition coefficient (Wildman–Crippen LogP) is 4.10. The summed E-state index contributed by atoms with van der Waals surface area (Å²) in [5.41, 5.74) is 3.15. The molecule has 4 aromatic rings. The van der Waals surface area contributed by atoms with Crippen LogP contribution in [-0.4, -0.2) is 26.6 Å². The first-order chi connectivity index (χ1) is 15.5. The monoisotopic (exact) mass is 449 g/mol. The van der Waals surface area contributed by atoms with Crippen LogP contribution < -0.4 is 10.6 Å². The Hall–Kier alpha value is -3.72. The molecule has 0 fully saturated rings. The number of nitrogens with one attached hydrogen (secondary N) is 2. The van der Waals surface area contributed by atoms with Crippen molar-refractivity contribution in [1.82, 2.24) is 20.1 Å². The Kier molecular flexibility index (Phi) is 6.46. The maximum atomic E-state index is 12.9. The van der Waals surface area contributed by atoms with Gasteiger partial charge >= 0.3 is 0 Å². The van der Waals surface area contributed by atoms with Gasteiger partial charge in [0.15, 0.2) is 10.9 Å². The van der Waals surface area contributed by atoms with Crippen molar-refractivity contribution in [2.24, 2.45) is 0 Å². The number of thiazole rings is 1. The Labute approximate surface area is 189 Å². The van der Waals surface area contributed by atoms with E-state index in [0.717, 1.165) is 11.3 Å². The van der Waals surface area contributed by atoms with E-state index in [0.29, 0.717) is 47.4 Å². The van der Waals surface area contributed by atoms with Gasteiger partial charge in [-0.25, -0.2) is 4.98 Å². The molecule has 0 unspecified atom stereocenters. The molecule has 0 aliphatic heterocycles. The van der Waals surface area contributed by atoms with Crippen LogP contribution >= 0.6 is 11.3 Å². The van der Waals surface area contributed by atoms with Gasteiger partial charge in [0, 0.05) is 12.3 Å². The van der Waals surface area contributed by atoms with Crippen molar-refractivity contribution in [1.29, 1.82) is 0 Å². The van der Waals surface area contributed by atoms with Crippen molar-refractivity contribution in [3.8, 4) is 11.5 Å². The van der Waals surface area contributed by atoms with Crippen LogP contribution in [0.15, 0.2) is 58.5 Å². The molecule has 164 valence electrons. The number of hydrogen-bond donors (Lipinski definition) is 2. The van der Waals surface area contributed by atoms with Crippen LogP contribution in [0.4, 0.5) is 5.13 Å². The zero-order chi connectivity index (χ0) is 22.5. The molecule has 0 spiro atoms. The van der Waals surface area contributed by atoms with Gasteiger partial charge in [-0.2, -0.15) is 5.10 Å². The number of anilines is 1. The van der Waals surface area contributed by atoms with Crippen LogP contribution in [0, 0.1) is 0 Å². The summed E-state index contributed by atoms with van der Waals surface area (Å²) in [6.45, 7) is 4.38. The van der Waals surface area contributed by atoms with E-state index in [4.69, 9.17) is 4.42 Å². The average molecular weight is 450 g/mol. The summed E-state index contributed by atoms with van der Waals surface area (Å²) >= 11 is 1.32. The van der Waals surface area contributed by atoms with Gasteiger partial charge in [0.2, 0.25) is 5.91 Å². The van der Waals surface area contributed by atoms with Gasteiger partial charge in [-0.1, -0.05) is 37.3 Å². The lowest BCUT2D eigenvalue weighted by atomic mass is 10.2. The molecule has 0 aliphatic rings. The minimum atomic E-state index is -0.243. The average Bonchev–Trinajstić information content (AvgIpc) is 3.52. The van der Waals surface area contributed by atoms with Crippen LogP contribution in [0.25, 0.3) is 11.5 Å². The molecule has 9 heteroatoms. The molecule has 2 amide bonds. The first-order valence-electron chi connectivity index (χ1n) is 10.2. The number of hydrogen-bond acceptors (Lipinski definition) is 6. The second-order valence-corrected chi connectivity index (χ2v) is 8.03. The third-order valence-corrected chi connectivity index (χ3v) is 5.61. The van der Waals surface area contributed by atoms with Gasteiger partial charge in [0.05, 0.1) is 30.5 Å². The summed E-state index contributed by atoms with van der Waals surface area (Å²) < 4.78 is 7.58. The summed E-state index contributed by atoms with van der Waals surface area (Å²) in [6.07, 6.45) is 2.29. The largest absolute Gasteiger partial charge is 0.458 e. The van der Waals surface area contributed by atoms with Crippen molar-refractivity contribution < 1.29 is 14.0 Å². The molecule has 3 heterocycles. The van der Waals surface area contributed by atoms with Crippen LogP contribution in [-0.2, 0) is 24.3 Å². The third kappa shape index (κ3) is 4.94. The van der Waals surface area contributed by atoms with Gasteiger partial charge in [0.25, 0.3) is 5.91 Å². The highest BCUT2D eigenvalue weighted by Gasteiger charge is 2.18. The number of benzene rings is 1. The first kappa shape index (κ1) is 21.5. The fourth-order valence-corrected chi connectivity index (χ4v) is 3.99. The van der Waals surface area contributed by atoms with Gasteiger partial charge in [-0.15, -0.1) is 11.3 Å². The SMILES string of the molecule is CCc1c(C(=O)Nc2nc(-c3ccc(CNC(C)=O)o3)cs2)cnn1Cc1ccccc1. The van der Waals surface area contributed by atoms with Crippen molar-refractivity contribution in [2.45, 2.75) is 33.4 Å². The second kappa shape index (κ2) is 9.61. The van der Waals surface area contributed by atoms with E-state index >= 15 is 0 Å². The standard InChI is InChI=1S/C23H23N5O3S/c1-3-20-18(12-25-28(20)13-16-7-5-4-6-8-16)22(30)27-23-26-19(14-32-23)21-10-9-17(31-21)11-24-15(2)29/h4-10,12,14H,3,11,13H2,1-2H3,(H,24,29)(H,26,27,30). The van der Waals surface area contributed by atoms with Crippen LogP contribution in [0.2, 0.25) is 0 Å². The van der Waals surface area contributed by atoms with E-state index in [-0.39, 0.29) is 11.8 Å². The quantitative estimate of drug-likeness (QED) is 0.422. The van der Waals surface area contributed by atoms with Crippen molar-refractivity contribution in [3.05, 3.63) is 76.6 Å².